The molecule has 20 heavy (non-hydrogen) atoms. The minimum Gasteiger partial charge on any atom is -0.465 e. The lowest BCUT2D eigenvalue weighted by molar-refractivity contribution is -0.149. The predicted octanol–water partition coefficient (Wildman–Crippen LogP) is 2.41. The zero-order valence-corrected chi connectivity index (χ0v) is 12.8. The van der Waals surface area contributed by atoms with Crippen molar-refractivity contribution in [2.24, 2.45) is 0 Å². The van der Waals surface area contributed by atoms with Crippen molar-refractivity contribution in [1.82, 2.24) is 4.90 Å². The molecule has 0 saturated carbocycles. The third kappa shape index (κ3) is 3.44. The second kappa shape index (κ2) is 6.95. The fourth-order valence-corrected chi connectivity index (χ4v) is 2.73. The Morgan fingerprint density at radius 1 is 1.30 bits per heavy atom. The summed E-state index contributed by atoms with van der Waals surface area (Å²) in [6, 6.07) is 7.69. The molecule has 0 aromatic heterocycles. The fraction of sp³-hybridized carbons (Fsp3) is 0.533. The highest BCUT2D eigenvalue weighted by Gasteiger charge is 2.26. The van der Waals surface area contributed by atoms with E-state index in [1.807, 2.05) is 38.1 Å². The number of ether oxygens (including phenoxy) is 1. The molecule has 1 aromatic rings. The van der Waals surface area contributed by atoms with E-state index in [4.69, 9.17) is 16.3 Å². The van der Waals surface area contributed by atoms with Crippen molar-refractivity contribution in [2.45, 2.75) is 19.9 Å². The van der Waals surface area contributed by atoms with Gasteiger partial charge in [0.25, 0.3) is 0 Å². The van der Waals surface area contributed by atoms with E-state index in [-0.39, 0.29) is 12.0 Å². The van der Waals surface area contributed by atoms with Gasteiger partial charge in [0, 0.05) is 26.2 Å². The van der Waals surface area contributed by atoms with Gasteiger partial charge in [-0.3, -0.25) is 9.69 Å². The van der Waals surface area contributed by atoms with E-state index < -0.39 is 0 Å². The molecule has 0 amide bonds. The zero-order valence-electron chi connectivity index (χ0n) is 12.0. The maximum atomic E-state index is 11.7. The lowest BCUT2D eigenvalue weighted by Crippen LogP contribution is -2.52. The first-order valence-corrected chi connectivity index (χ1v) is 7.41. The summed E-state index contributed by atoms with van der Waals surface area (Å²) in [5.74, 6) is -0.140. The molecule has 0 spiro atoms. The van der Waals surface area contributed by atoms with Crippen LogP contribution in [-0.2, 0) is 9.53 Å². The highest BCUT2D eigenvalue weighted by Crippen LogP contribution is 2.26. The van der Waals surface area contributed by atoms with Gasteiger partial charge in [0.1, 0.15) is 6.04 Å². The van der Waals surface area contributed by atoms with Gasteiger partial charge in [-0.05, 0) is 26.0 Å². The van der Waals surface area contributed by atoms with Crippen LogP contribution in [0.2, 0.25) is 5.02 Å². The van der Waals surface area contributed by atoms with Crippen LogP contribution in [0.3, 0.4) is 0 Å². The molecule has 5 heteroatoms. The third-order valence-electron chi connectivity index (χ3n) is 3.68. The Balaban J connectivity index is 1.92. The van der Waals surface area contributed by atoms with Crippen molar-refractivity contribution in [3.8, 4) is 0 Å². The number of esters is 1. The first kappa shape index (κ1) is 15.1. The number of para-hydroxylation sites is 1. The first-order valence-electron chi connectivity index (χ1n) is 7.03. The van der Waals surface area contributed by atoms with Gasteiger partial charge in [0.2, 0.25) is 0 Å². The maximum Gasteiger partial charge on any atom is 0.323 e. The van der Waals surface area contributed by atoms with Gasteiger partial charge in [-0.25, -0.2) is 0 Å². The average Bonchev–Trinajstić information content (AvgIpc) is 2.47. The highest BCUT2D eigenvalue weighted by atomic mass is 35.5. The van der Waals surface area contributed by atoms with Crippen LogP contribution in [0, 0.1) is 0 Å². The molecule has 1 fully saturated rings. The Morgan fingerprint density at radius 3 is 2.55 bits per heavy atom. The molecule has 1 heterocycles. The molecule has 0 N–H and O–H groups in total. The van der Waals surface area contributed by atoms with E-state index in [2.05, 4.69) is 9.80 Å². The fourth-order valence-electron chi connectivity index (χ4n) is 2.47. The second-order valence-electron chi connectivity index (χ2n) is 4.90. The normalized spacial score (nSPS) is 17.9. The molecule has 1 saturated heterocycles. The number of carbonyl (C=O) groups excluding carboxylic acids is 1. The van der Waals surface area contributed by atoms with Crippen molar-refractivity contribution in [3.05, 3.63) is 29.3 Å². The second-order valence-corrected chi connectivity index (χ2v) is 5.31. The molecule has 1 atom stereocenters. The smallest absolute Gasteiger partial charge is 0.323 e. The highest BCUT2D eigenvalue weighted by molar-refractivity contribution is 6.33. The quantitative estimate of drug-likeness (QED) is 0.799. The van der Waals surface area contributed by atoms with Gasteiger partial charge in [-0.2, -0.15) is 0 Å². The van der Waals surface area contributed by atoms with E-state index in [1.165, 1.54) is 0 Å². The largest absolute Gasteiger partial charge is 0.465 e. The van der Waals surface area contributed by atoms with Crippen LogP contribution in [0.25, 0.3) is 0 Å². The number of carbonyl (C=O) groups is 1. The van der Waals surface area contributed by atoms with Gasteiger partial charge in [-0.15, -0.1) is 0 Å². The average molecular weight is 297 g/mol. The molecule has 0 aliphatic carbocycles. The van der Waals surface area contributed by atoms with Gasteiger partial charge in [0.05, 0.1) is 17.3 Å². The van der Waals surface area contributed by atoms with Crippen molar-refractivity contribution >= 4 is 23.3 Å². The summed E-state index contributed by atoms with van der Waals surface area (Å²) >= 11 is 6.22. The number of hydrogen-bond acceptors (Lipinski definition) is 4. The predicted molar refractivity (Wildman–Crippen MR) is 81.3 cm³/mol. The van der Waals surface area contributed by atoms with Crippen LogP contribution >= 0.6 is 11.6 Å². The Bertz CT molecular complexity index is 459. The summed E-state index contributed by atoms with van der Waals surface area (Å²) in [7, 11) is 0. The zero-order chi connectivity index (χ0) is 14.5. The molecular formula is C15H21ClN2O2. The van der Waals surface area contributed by atoms with E-state index >= 15 is 0 Å². The van der Waals surface area contributed by atoms with Crippen molar-refractivity contribution in [3.63, 3.8) is 0 Å². The molecule has 1 aromatic carbocycles. The number of hydrogen-bond donors (Lipinski definition) is 0. The van der Waals surface area contributed by atoms with Crippen molar-refractivity contribution in [2.75, 3.05) is 37.7 Å². The summed E-state index contributed by atoms with van der Waals surface area (Å²) in [5.41, 5.74) is 1.07. The minimum atomic E-state index is -0.177. The first-order chi connectivity index (χ1) is 9.63. The maximum absolute atomic E-state index is 11.7. The van der Waals surface area contributed by atoms with Gasteiger partial charge >= 0.3 is 5.97 Å². The van der Waals surface area contributed by atoms with Crippen LogP contribution in [0.15, 0.2) is 24.3 Å². The number of rotatable bonds is 4. The van der Waals surface area contributed by atoms with E-state index in [9.17, 15) is 4.79 Å². The number of halogens is 1. The Hall–Kier alpha value is -1.26. The molecule has 2 rings (SSSR count). The summed E-state index contributed by atoms with van der Waals surface area (Å²) in [4.78, 5) is 16.2. The van der Waals surface area contributed by atoms with Crippen LogP contribution in [0.1, 0.15) is 13.8 Å². The number of nitrogens with zero attached hydrogens (tertiary/aromatic N) is 2. The van der Waals surface area contributed by atoms with Gasteiger partial charge in [-0.1, -0.05) is 23.7 Å². The van der Waals surface area contributed by atoms with Crippen LogP contribution < -0.4 is 4.90 Å². The Kier molecular flexibility index (Phi) is 5.26. The van der Waals surface area contributed by atoms with Crippen molar-refractivity contribution < 1.29 is 9.53 Å². The standard InChI is InChI=1S/C15H21ClN2O2/c1-3-20-15(19)12(2)17-8-10-18(11-9-17)14-7-5-4-6-13(14)16/h4-7,12H,3,8-11H2,1-2H3. The monoisotopic (exact) mass is 296 g/mol. The van der Waals surface area contributed by atoms with Crippen molar-refractivity contribution in [1.29, 1.82) is 0 Å². The molecule has 0 radical (unpaired) electrons. The number of piperazine rings is 1. The SMILES string of the molecule is CCOC(=O)C(C)N1CCN(c2ccccc2Cl)CC1. The van der Waals surface area contributed by atoms with Gasteiger partial charge in [0.15, 0.2) is 0 Å². The van der Waals surface area contributed by atoms with Gasteiger partial charge < -0.3 is 9.64 Å². The lowest BCUT2D eigenvalue weighted by Gasteiger charge is -2.38. The van der Waals surface area contributed by atoms with Crippen LogP contribution in [-0.4, -0.2) is 49.7 Å². The number of benzene rings is 1. The van der Waals surface area contributed by atoms with E-state index in [1.54, 1.807) is 0 Å². The van der Waals surface area contributed by atoms with Crippen LogP contribution in [0.4, 0.5) is 5.69 Å². The summed E-state index contributed by atoms with van der Waals surface area (Å²) < 4.78 is 5.07. The van der Waals surface area contributed by atoms with E-state index in [0.717, 1.165) is 36.9 Å². The summed E-state index contributed by atoms with van der Waals surface area (Å²) in [6.07, 6.45) is 0. The molecular weight excluding hydrogens is 276 g/mol. The molecule has 4 nitrogen and oxygen atoms in total. The molecule has 110 valence electrons. The number of anilines is 1. The molecule has 1 unspecified atom stereocenters. The lowest BCUT2D eigenvalue weighted by atomic mass is 10.2. The summed E-state index contributed by atoms with van der Waals surface area (Å²) in [5, 5.41) is 0.777. The molecule has 1 aliphatic heterocycles. The summed E-state index contributed by atoms with van der Waals surface area (Å²) in [6.45, 7) is 7.59. The molecule has 0 bridgehead atoms. The molecule has 1 aliphatic rings. The van der Waals surface area contributed by atoms with Crippen LogP contribution in [0.5, 0.6) is 0 Å². The Labute approximate surface area is 125 Å². The minimum absolute atomic E-state index is 0.140. The van der Waals surface area contributed by atoms with E-state index in [0.29, 0.717) is 6.61 Å². The topological polar surface area (TPSA) is 32.8 Å². The Morgan fingerprint density at radius 2 is 1.95 bits per heavy atom. The third-order valence-corrected chi connectivity index (χ3v) is 4.00.